The molecule has 0 aromatic carbocycles. The SMILES string of the molecule is Cl.NCCCS(=O)(=O)C(F)F. The van der Waals surface area contributed by atoms with E-state index in [2.05, 4.69) is 0 Å². The lowest BCUT2D eigenvalue weighted by atomic mass is 10.5. The van der Waals surface area contributed by atoms with E-state index in [-0.39, 0.29) is 25.4 Å². The molecule has 0 radical (unpaired) electrons. The molecule has 0 fully saturated rings. The number of sulfone groups is 1. The van der Waals surface area contributed by atoms with Gasteiger partial charge in [0.15, 0.2) is 0 Å². The normalized spacial score (nSPS) is 11.3. The lowest BCUT2D eigenvalue weighted by molar-refractivity contribution is 0.234. The van der Waals surface area contributed by atoms with E-state index in [1.807, 2.05) is 0 Å². The van der Waals surface area contributed by atoms with Crippen LogP contribution in [0.5, 0.6) is 0 Å². The Morgan fingerprint density at radius 1 is 1.36 bits per heavy atom. The van der Waals surface area contributed by atoms with Crippen LogP contribution >= 0.6 is 12.4 Å². The fraction of sp³-hybridized carbons (Fsp3) is 1.00. The third kappa shape index (κ3) is 5.34. The minimum atomic E-state index is -4.17. The van der Waals surface area contributed by atoms with Gasteiger partial charge < -0.3 is 5.73 Å². The minimum absolute atomic E-state index is 0. The summed E-state index contributed by atoms with van der Waals surface area (Å²) >= 11 is 0. The molecule has 0 atom stereocenters. The van der Waals surface area contributed by atoms with Gasteiger partial charge in [-0.1, -0.05) is 0 Å². The van der Waals surface area contributed by atoms with Gasteiger partial charge in [0.1, 0.15) is 0 Å². The first-order chi connectivity index (χ1) is 4.50. The molecule has 0 saturated carbocycles. The van der Waals surface area contributed by atoms with Crippen LogP contribution in [0.2, 0.25) is 0 Å². The maximum Gasteiger partial charge on any atom is 0.336 e. The van der Waals surface area contributed by atoms with E-state index in [0.717, 1.165) is 0 Å². The molecule has 11 heavy (non-hydrogen) atoms. The van der Waals surface area contributed by atoms with E-state index in [1.54, 1.807) is 0 Å². The van der Waals surface area contributed by atoms with Gasteiger partial charge in [-0.15, -0.1) is 12.4 Å². The summed E-state index contributed by atoms with van der Waals surface area (Å²) in [6.07, 6.45) is 0.0900. The van der Waals surface area contributed by atoms with Crippen LogP contribution < -0.4 is 5.73 Å². The van der Waals surface area contributed by atoms with Gasteiger partial charge in [-0.05, 0) is 13.0 Å². The van der Waals surface area contributed by atoms with Crippen molar-refractivity contribution in [3.05, 3.63) is 0 Å². The van der Waals surface area contributed by atoms with Crippen molar-refractivity contribution in [2.45, 2.75) is 12.2 Å². The maximum absolute atomic E-state index is 11.5. The van der Waals surface area contributed by atoms with Gasteiger partial charge in [0.2, 0.25) is 9.84 Å². The van der Waals surface area contributed by atoms with Crippen molar-refractivity contribution in [3.63, 3.8) is 0 Å². The average Bonchev–Trinajstić information content (AvgIpc) is 1.84. The molecule has 7 heteroatoms. The highest BCUT2D eigenvalue weighted by molar-refractivity contribution is 7.91. The molecule has 0 heterocycles. The number of alkyl halides is 2. The van der Waals surface area contributed by atoms with E-state index in [1.165, 1.54) is 0 Å². The first-order valence-electron chi connectivity index (χ1n) is 2.70. The van der Waals surface area contributed by atoms with Crippen molar-refractivity contribution in [3.8, 4) is 0 Å². The molecule has 0 spiro atoms. The Morgan fingerprint density at radius 2 is 1.82 bits per heavy atom. The molecule has 0 aromatic rings. The maximum atomic E-state index is 11.5. The second-order valence-electron chi connectivity index (χ2n) is 1.77. The van der Waals surface area contributed by atoms with Crippen molar-refractivity contribution < 1.29 is 17.2 Å². The highest BCUT2D eigenvalue weighted by Gasteiger charge is 2.22. The summed E-state index contributed by atoms with van der Waals surface area (Å²) in [5, 5.41) is 0. The van der Waals surface area contributed by atoms with E-state index >= 15 is 0 Å². The summed E-state index contributed by atoms with van der Waals surface area (Å²) in [5.41, 5.74) is 4.93. The topological polar surface area (TPSA) is 60.2 Å². The van der Waals surface area contributed by atoms with Gasteiger partial charge in [0.25, 0.3) is 0 Å². The summed E-state index contributed by atoms with van der Waals surface area (Å²) in [6.45, 7) is 0.117. The van der Waals surface area contributed by atoms with Crippen LogP contribution in [0.15, 0.2) is 0 Å². The van der Waals surface area contributed by atoms with Crippen LogP contribution in [0.4, 0.5) is 8.78 Å². The number of hydrogen-bond donors (Lipinski definition) is 1. The average molecular weight is 210 g/mol. The second-order valence-corrected chi connectivity index (χ2v) is 3.86. The van der Waals surface area contributed by atoms with Crippen LogP contribution in [0.1, 0.15) is 6.42 Å². The summed E-state index contributed by atoms with van der Waals surface area (Å²) in [5.74, 6) is -3.79. The van der Waals surface area contributed by atoms with Gasteiger partial charge in [-0.2, -0.15) is 8.78 Å². The summed E-state index contributed by atoms with van der Waals surface area (Å²) < 4.78 is 43.6. The van der Waals surface area contributed by atoms with E-state index in [0.29, 0.717) is 0 Å². The van der Waals surface area contributed by atoms with E-state index < -0.39 is 21.3 Å². The largest absolute Gasteiger partial charge is 0.336 e. The van der Waals surface area contributed by atoms with Crippen LogP contribution in [-0.2, 0) is 9.84 Å². The van der Waals surface area contributed by atoms with Crippen LogP contribution in [0, 0.1) is 0 Å². The van der Waals surface area contributed by atoms with Crippen molar-refractivity contribution in [2.75, 3.05) is 12.3 Å². The molecule has 2 N–H and O–H groups in total. The first-order valence-corrected chi connectivity index (χ1v) is 4.42. The van der Waals surface area contributed by atoms with Gasteiger partial charge in [0.05, 0.1) is 5.75 Å². The van der Waals surface area contributed by atoms with Gasteiger partial charge in [-0.25, -0.2) is 8.42 Å². The molecule has 3 nitrogen and oxygen atoms in total. The number of nitrogens with two attached hydrogens (primary N) is 1. The molecule has 0 aliphatic rings. The molecule has 0 saturated heterocycles. The number of rotatable bonds is 4. The van der Waals surface area contributed by atoms with Crippen molar-refractivity contribution in [1.82, 2.24) is 0 Å². The fourth-order valence-corrected chi connectivity index (χ4v) is 1.12. The molecule has 0 bridgehead atoms. The summed E-state index contributed by atoms with van der Waals surface area (Å²) in [4.78, 5) is 0. The van der Waals surface area contributed by atoms with Crippen molar-refractivity contribution in [1.29, 1.82) is 0 Å². The third-order valence-corrected chi connectivity index (χ3v) is 2.31. The van der Waals surface area contributed by atoms with Crippen LogP contribution in [0.25, 0.3) is 0 Å². The summed E-state index contributed by atoms with van der Waals surface area (Å²) in [6, 6.07) is 0. The van der Waals surface area contributed by atoms with Crippen molar-refractivity contribution >= 4 is 22.2 Å². The molecule has 0 unspecified atom stereocenters. The van der Waals surface area contributed by atoms with Crippen molar-refractivity contribution in [2.24, 2.45) is 5.73 Å². The first kappa shape index (κ1) is 13.6. The zero-order valence-corrected chi connectivity index (χ0v) is 7.30. The van der Waals surface area contributed by atoms with Gasteiger partial charge in [-0.3, -0.25) is 0 Å². The predicted molar refractivity (Wildman–Crippen MR) is 40.7 cm³/mol. The monoisotopic (exact) mass is 209 g/mol. The lowest BCUT2D eigenvalue weighted by Gasteiger charge is -1.99. The zero-order valence-electron chi connectivity index (χ0n) is 5.66. The molecule has 0 aliphatic carbocycles. The molecule has 0 rings (SSSR count). The zero-order chi connectivity index (χ0) is 8.20. The molecular formula is C4H10ClF2NO2S. The van der Waals surface area contributed by atoms with E-state index in [4.69, 9.17) is 5.73 Å². The van der Waals surface area contributed by atoms with Crippen LogP contribution in [0.3, 0.4) is 0 Å². The second kappa shape index (κ2) is 5.68. The third-order valence-electron chi connectivity index (χ3n) is 0.904. The highest BCUT2D eigenvalue weighted by atomic mass is 35.5. The Kier molecular flexibility index (Phi) is 7.04. The van der Waals surface area contributed by atoms with Crippen LogP contribution in [-0.4, -0.2) is 26.5 Å². The molecule has 0 aliphatic heterocycles. The Hall–Kier alpha value is 0.0600. The Labute approximate surface area is 70.3 Å². The smallest absolute Gasteiger partial charge is 0.330 e. The molecule has 70 valence electrons. The standard InChI is InChI=1S/C4H9F2NO2S.ClH/c5-4(6)10(8,9)3-1-2-7;/h4H,1-3,7H2;1H. The lowest BCUT2D eigenvalue weighted by Crippen LogP contribution is -2.17. The van der Waals surface area contributed by atoms with Gasteiger partial charge >= 0.3 is 5.76 Å². The van der Waals surface area contributed by atoms with Gasteiger partial charge in [0, 0.05) is 0 Å². The Balaban J connectivity index is 0. The number of halogens is 3. The fourth-order valence-electron chi connectivity index (χ4n) is 0.374. The van der Waals surface area contributed by atoms with E-state index in [9.17, 15) is 17.2 Å². The predicted octanol–water partition coefficient (Wildman–Crippen LogP) is 0.394. The Morgan fingerprint density at radius 3 is 2.09 bits per heavy atom. The number of hydrogen-bond acceptors (Lipinski definition) is 3. The Bertz CT molecular complexity index is 183. The minimum Gasteiger partial charge on any atom is -0.330 e. The molecular weight excluding hydrogens is 200 g/mol. The quantitative estimate of drug-likeness (QED) is 0.729. The molecule has 0 aromatic heterocycles. The summed E-state index contributed by atoms with van der Waals surface area (Å²) in [7, 11) is -4.17. The molecule has 0 amide bonds. The highest BCUT2D eigenvalue weighted by Crippen LogP contribution is 2.05.